The number of hydrogen-bond acceptors (Lipinski definition) is 1. The third kappa shape index (κ3) is 6.02. The van der Waals surface area contributed by atoms with Gasteiger partial charge in [0.2, 0.25) is 0 Å². The summed E-state index contributed by atoms with van der Waals surface area (Å²) in [6.45, 7) is 0. The van der Waals surface area contributed by atoms with Crippen LogP contribution in [0, 0.1) is 0 Å². The molecule has 3 heterocycles. The minimum Gasteiger partial charge on any atom is -0.307 e. The van der Waals surface area contributed by atoms with Crippen LogP contribution in [-0.2, 0) is 0 Å². The van der Waals surface area contributed by atoms with Crippen LogP contribution in [0.25, 0.3) is 111 Å². The molecule has 0 bridgehead atoms. The molecule has 0 spiro atoms. The molecule has 0 fully saturated rings. The van der Waals surface area contributed by atoms with Gasteiger partial charge in [0.15, 0.2) is 0 Å². The van der Waals surface area contributed by atoms with Crippen molar-refractivity contribution in [1.29, 1.82) is 0 Å². The summed E-state index contributed by atoms with van der Waals surface area (Å²) in [6.07, 6.45) is 0. The highest BCUT2D eigenvalue weighted by molar-refractivity contribution is 6.23. The predicted octanol–water partition coefficient (Wildman–Crippen LogP) is 15.6. The summed E-state index contributed by atoms with van der Waals surface area (Å²) in [5, 5.41) is 4.88. The van der Waals surface area contributed by atoms with Crippen LogP contribution >= 0.6 is 0 Å². The normalized spacial score (nSPS) is 11.5. The van der Waals surface area contributed by atoms with Crippen LogP contribution in [0.1, 0.15) is 0 Å². The van der Waals surface area contributed by atoms with E-state index >= 15 is 0 Å². The van der Waals surface area contributed by atoms with E-state index in [1.807, 2.05) is 0 Å². The lowest BCUT2D eigenvalue weighted by molar-refractivity contribution is 1.15. The summed E-state index contributed by atoms with van der Waals surface area (Å²) in [5.74, 6) is 0. The number of aromatic nitrogens is 3. The average molecular weight is 790 g/mol. The smallest absolute Gasteiger partial charge is 0.0788 e. The molecule has 0 aliphatic rings. The van der Waals surface area contributed by atoms with E-state index in [1.54, 1.807) is 0 Å². The van der Waals surface area contributed by atoms with E-state index in [1.165, 1.54) is 60.3 Å². The first-order valence-corrected chi connectivity index (χ1v) is 21.2. The second-order valence-electron chi connectivity index (χ2n) is 16.0. The molecule has 0 aliphatic carbocycles. The highest BCUT2D eigenvalue weighted by atomic mass is 15.0. The van der Waals surface area contributed by atoms with Crippen LogP contribution in [-0.4, -0.2) is 14.1 Å². The third-order valence-electron chi connectivity index (χ3n) is 12.3. The first-order chi connectivity index (χ1) is 30.7. The molecule has 0 amide bonds. The monoisotopic (exact) mass is 789 g/mol. The second kappa shape index (κ2) is 14.8. The Bertz CT molecular complexity index is 3620. The van der Waals surface area contributed by atoms with E-state index in [-0.39, 0.29) is 0 Å². The maximum absolute atomic E-state index is 5.43. The summed E-state index contributed by atoms with van der Waals surface area (Å²) in [4.78, 5) is 5.43. The molecule has 9 aromatic carbocycles. The molecule has 0 saturated carbocycles. The maximum Gasteiger partial charge on any atom is 0.0788 e. The van der Waals surface area contributed by atoms with Crippen LogP contribution in [0.2, 0.25) is 0 Å². The molecule has 12 rings (SSSR count). The van der Waals surface area contributed by atoms with Gasteiger partial charge in [0.1, 0.15) is 0 Å². The van der Waals surface area contributed by atoms with Gasteiger partial charge in [-0.1, -0.05) is 182 Å². The van der Waals surface area contributed by atoms with Crippen molar-refractivity contribution in [3.63, 3.8) is 0 Å². The zero-order chi connectivity index (χ0) is 41.0. The zero-order valence-corrected chi connectivity index (χ0v) is 33.9. The van der Waals surface area contributed by atoms with Crippen LogP contribution < -0.4 is 0 Å². The van der Waals surface area contributed by atoms with Gasteiger partial charge < -0.3 is 9.13 Å². The first kappa shape index (κ1) is 35.7. The van der Waals surface area contributed by atoms with E-state index < -0.39 is 0 Å². The Labute approximate surface area is 360 Å². The van der Waals surface area contributed by atoms with Crippen LogP contribution in [0.4, 0.5) is 0 Å². The van der Waals surface area contributed by atoms with Gasteiger partial charge in [0.25, 0.3) is 0 Å². The van der Waals surface area contributed by atoms with Gasteiger partial charge >= 0.3 is 0 Å². The highest BCUT2D eigenvalue weighted by Gasteiger charge is 2.22. The molecule has 3 nitrogen and oxygen atoms in total. The molecule has 290 valence electrons. The van der Waals surface area contributed by atoms with E-state index in [0.29, 0.717) is 0 Å². The summed E-state index contributed by atoms with van der Waals surface area (Å²) in [5.41, 5.74) is 17.9. The molecule has 0 radical (unpaired) electrons. The van der Waals surface area contributed by atoms with Crippen molar-refractivity contribution in [3.05, 3.63) is 237 Å². The molecule has 0 atom stereocenters. The molecular formula is C59H39N3. The van der Waals surface area contributed by atoms with Gasteiger partial charge in [-0.25, -0.2) is 4.98 Å². The number of pyridine rings is 1. The van der Waals surface area contributed by atoms with Gasteiger partial charge in [-0.15, -0.1) is 0 Å². The standard InChI is InChI=1S/C59H39N3/c1-4-17-40(18-5-1)43-23-14-25-45(35-43)54-38-47(42-21-8-3-9-22-42)39-55(60-54)46-26-16-28-49(37-46)62-57-32-13-11-30-51(57)53-34-33-52-50-29-10-12-31-56(50)61(58(52)59(53)62)48-27-15-24-44(36-48)41-19-6-2-7-20-41/h1-39H. The highest BCUT2D eigenvalue weighted by Crippen LogP contribution is 2.43. The van der Waals surface area contributed by atoms with Crippen molar-refractivity contribution in [2.75, 3.05) is 0 Å². The molecular weight excluding hydrogens is 751 g/mol. The Kier molecular flexibility index (Phi) is 8.50. The summed E-state index contributed by atoms with van der Waals surface area (Å²) < 4.78 is 4.94. The second-order valence-corrected chi connectivity index (χ2v) is 16.0. The van der Waals surface area contributed by atoms with Gasteiger partial charge in [-0.05, 0) is 88.0 Å². The molecule has 12 aromatic rings. The van der Waals surface area contributed by atoms with E-state index in [4.69, 9.17) is 4.98 Å². The van der Waals surface area contributed by atoms with Gasteiger partial charge in [0, 0.05) is 44.0 Å². The maximum atomic E-state index is 5.43. The van der Waals surface area contributed by atoms with Crippen molar-refractivity contribution < 1.29 is 0 Å². The number of hydrogen-bond donors (Lipinski definition) is 0. The Morgan fingerprint density at radius 3 is 1.13 bits per heavy atom. The van der Waals surface area contributed by atoms with Crippen molar-refractivity contribution in [1.82, 2.24) is 14.1 Å². The summed E-state index contributed by atoms with van der Waals surface area (Å²) >= 11 is 0. The van der Waals surface area contributed by atoms with Crippen molar-refractivity contribution in [3.8, 4) is 67.3 Å². The lowest BCUT2D eigenvalue weighted by Gasteiger charge is -2.15. The van der Waals surface area contributed by atoms with Crippen molar-refractivity contribution >= 4 is 43.6 Å². The summed E-state index contributed by atoms with van der Waals surface area (Å²) in [7, 11) is 0. The lowest BCUT2D eigenvalue weighted by atomic mass is 9.98. The largest absolute Gasteiger partial charge is 0.307 e. The van der Waals surface area contributed by atoms with Crippen LogP contribution in [0.5, 0.6) is 0 Å². The van der Waals surface area contributed by atoms with Crippen LogP contribution in [0.15, 0.2) is 237 Å². The number of fused-ring (bicyclic) bond motifs is 7. The van der Waals surface area contributed by atoms with E-state index in [0.717, 1.165) is 50.5 Å². The fourth-order valence-electron chi connectivity index (χ4n) is 9.41. The molecule has 0 saturated heterocycles. The van der Waals surface area contributed by atoms with Gasteiger partial charge in [0.05, 0.1) is 33.5 Å². The Morgan fingerprint density at radius 2 is 0.613 bits per heavy atom. The zero-order valence-electron chi connectivity index (χ0n) is 33.9. The molecule has 3 heteroatoms. The SMILES string of the molecule is c1ccc(-c2cccc(-c3cc(-c4ccccc4)cc(-c4cccc(-n5c6ccccc6c6ccc7c8ccccc8n(-c8cccc(-c9ccccc9)c8)c7c65)c4)n3)c2)cc1. The molecule has 62 heavy (non-hydrogen) atoms. The molecule has 0 aliphatic heterocycles. The number of rotatable bonds is 7. The molecule has 0 unspecified atom stereocenters. The Balaban J connectivity index is 1.09. The molecule has 0 N–H and O–H groups in total. The van der Waals surface area contributed by atoms with E-state index in [2.05, 4.69) is 246 Å². The van der Waals surface area contributed by atoms with Gasteiger partial charge in [-0.3, -0.25) is 0 Å². The fraction of sp³-hybridized carbons (Fsp3) is 0. The Morgan fingerprint density at radius 1 is 0.242 bits per heavy atom. The quantitative estimate of drug-likeness (QED) is 0.158. The summed E-state index contributed by atoms with van der Waals surface area (Å²) in [6, 6.07) is 85.2. The van der Waals surface area contributed by atoms with Crippen molar-refractivity contribution in [2.45, 2.75) is 0 Å². The lowest BCUT2D eigenvalue weighted by Crippen LogP contribution is -1.99. The number of para-hydroxylation sites is 2. The Hall–Kier alpha value is -8.27. The number of nitrogens with zero attached hydrogens (tertiary/aromatic N) is 3. The van der Waals surface area contributed by atoms with Crippen molar-refractivity contribution in [2.24, 2.45) is 0 Å². The van der Waals surface area contributed by atoms with E-state index in [9.17, 15) is 0 Å². The minimum absolute atomic E-state index is 0.922. The third-order valence-corrected chi connectivity index (χ3v) is 12.3. The minimum atomic E-state index is 0.922. The number of benzene rings is 9. The van der Waals surface area contributed by atoms with Gasteiger partial charge in [-0.2, -0.15) is 0 Å². The fourth-order valence-corrected chi connectivity index (χ4v) is 9.41. The predicted molar refractivity (Wildman–Crippen MR) is 260 cm³/mol. The molecule has 3 aromatic heterocycles. The topological polar surface area (TPSA) is 22.8 Å². The first-order valence-electron chi connectivity index (χ1n) is 21.2. The average Bonchev–Trinajstić information content (AvgIpc) is 3.88. The van der Waals surface area contributed by atoms with Crippen LogP contribution in [0.3, 0.4) is 0 Å².